The van der Waals surface area contributed by atoms with Gasteiger partial charge in [0.25, 0.3) is 0 Å². The Morgan fingerprint density at radius 3 is 2.50 bits per heavy atom. The van der Waals surface area contributed by atoms with Gasteiger partial charge in [-0.15, -0.1) is 0 Å². The van der Waals surface area contributed by atoms with Crippen molar-refractivity contribution in [3.05, 3.63) is 29.8 Å². The van der Waals surface area contributed by atoms with Crippen molar-refractivity contribution >= 4 is 11.9 Å². The second-order valence-electron chi connectivity index (χ2n) is 5.09. The highest BCUT2D eigenvalue weighted by Crippen LogP contribution is 2.33. The average molecular weight is 277 g/mol. The van der Waals surface area contributed by atoms with E-state index >= 15 is 0 Å². The lowest BCUT2D eigenvalue weighted by atomic mass is 10.1. The van der Waals surface area contributed by atoms with E-state index < -0.39 is 12.0 Å². The molecule has 5 heteroatoms. The molecule has 0 aliphatic heterocycles. The van der Waals surface area contributed by atoms with E-state index in [1.165, 1.54) is 12.8 Å². The van der Waals surface area contributed by atoms with Crippen molar-refractivity contribution in [2.45, 2.75) is 31.7 Å². The molecule has 5 nitrogen and oxygen atoms in total. The molecule has 1 aromatic rings. The van der Waals surface area contributed by atoms with Gasteiger partial charge in [-0.1, -0.05) is 25.0 Å². The average Bonchev–Trinajstić information content (AvgIpc) is 3.26. The van der Waals surface area contributed by atoms with Crippen LogP contribution in [0.4, 0.5) is 0 Å². The van der Waals surface area contributed by atoms with Gasteiger partial charge < -0.3 is 15.2 Å². The molecule has 108 valence electrons. The molecule has 1 aliphatic carbocycles. The monoisotopic (exact) mass is 277 g/mol. The third-order valence-corrected chi connectivity index (χ3v) is 3.48. The molecular weight excluding hydrogens is 258 g/mol. The molecule has 0 saturated heterocycles. The lowest BCUT2D eigenvalue weighted by Gasteiger charge is -2.15. The quantitative estimate of drug-likeness (QED) is 0.800. The predicted molar refractivity (Wildman–Crippen MR) is 73.5 cm³/mol. The Kier molecular flexibility index (Phi) is 4.61. The molecule has 1 aromatic carbocycles. The fraction of sp³-hybridized carbons (Fsp3) is 0.467. The van der Waals surface area contributed by atoms with Gasteiger partial charge in [0.15, 0.2) is 6.04 Å². The molecule has 20 heavy (non-hydrogen) atoms. The van der Waals surface area contributed by atoms with Gasteiger partial charge in [-0.3, -0.25) is 4.79 Å². The lowest BCUT2D eigenvalue weighted by molar-refractivity contribution is -0.142. The third-order valence-electron chi connectivity index (χ3n) is 3.48. The van der Waals surface area contributed by atoms with Crippen molar-refractivity contribution in [1.29, 1.82) is 0 Å². The number of carboxylic acids is 1. The molecule has 0 bridgehead atoms. The molecule has 2 N–H and O–H groups in total. The number of ether oxygens (including phenoxy) is 1. The van der Waals surface area contributed by atoms with Crippen molar-refractivity contribution in [2.24, 2.45) is 5.92 Å². The SMILES string of the molecule is COc1ccc(C(NC(=O)CCC2CC2)C(=O)O)cc1. The zero-order valence-corrected chi connectivity index (χ0v) is 11.5. The normalized spacial score (nSPS) is 15.4. The lowest BCUT2D eigenvalue weighted by Crippen LogP contribution is -2.33. The molecule has 1 fully saturated rings. The van der Waals surface area contributed by atoms with E-state index in [0.29, 0.717) is 23.7 Å². The van der Waals surface area contributed by atoms with Gasteiger partial charge in [-0.25, -0.2) is 4.79 Å². The summed E-state index contributed by atoms with van der Waals surface area (Å²) >= 11 is 0. The van der Waals surface area contributed by atoms with Gasteiger partial charge in [0.1, 0.15) is 5.75 Å². The molecular formula is C15H19NO4. The maximum atomic E-state index is 11.8. The summed E-state index contributed by atoms with van der Waals surface area (Å²) in [7, 11) is 1.54. The largest absolute Gasteiger partial charge is 0.497 e. The Balaban J connectivity index is 1.97. The first-order valence-corrected chi connectivity index (χ1v) is 6.76. The van der Waals surface area contributed by atoms with Crippen molar-refractivity contribution in [2.75, 3.05) is 7.11 Å². The number of methoxy groups -OCH3 is 1. The number of hydrogen-bond acceptors (Lipinski definition) is 3. The summed E-state index contributed by atoms with van der Waals surface area (Å²) < 4.78 is 5.03. The zero-order chi connectivity index (χ0) is 14.5. The van der Waals surface area contributed by atoms with E-state index in [-0.39, 0.29) is 5.91 Å². The first-order valence-electron chi connectivity index (χ1n) is 6.76. The van der Waals surface area contributed by atoms with Crippen LogP contribution in [0.2, 0.25) is 0 Å². The van der Waals surface area contributed by atoms with E-state index in [9.17, 15) is 14.7 Å². The number of nitrogens with one attached hydrogen (secondary N) is 1. The maximum absolute atomic E-state index is 11.8. The first kappa shape index (κ1) is 14.4. The molecule has 1 saturated carbocycles. The number of carbonyl (C=O) groups excluding carboxylic acids is 1. The standard InChI is InChI=1S/C15H19NO4/c1-20-12-7-5-11(6-8-12)14(15(18)19)16-13(17)9-4-10-2-3-10/h5-8,10,14H,2-4,9H2,1H3,(H,16,17)(H,18,19). The zero-order valence-electron chi connectivity index (χ0n) is 11.5. The van der Waals surface area contributed by atoms with Crippen LogP contribution in [0, 0.1) is 5.92 Å². The summed E-state index contributed by atoms with van der Waals surface area (Å²) in [6.45, 7) is 0. The maximum Gasteiger partial charge on any atom is 0.330 e. The number of benzene rings is 1. The summed E-state index contributed by atoms with van der Waals surface area (Å²) in [5.41, 5.74) is 0.540. The van der Waals surface area contributed by atoms with E-state index in [0.717, 1.165) is 6.42 Å². The number of carboxylic acid groups (broad SMARTS) is 1. The minimum absolute atomic E-state index is 0.208. The van der Waals surface area contributed by atoms with Crippen LogP contribution in [0.1, 0.15) is 37.3 Å². The van der Waals surface area contributed by atoms with Crippen molar-refractivity contribution in [1.82, 2.24) is 5.32 Å². The summed E-state index contributed by atoms with van der Waals surface area (Å²) in [6.07, 6.45) is 3.62. The van der Waals surface area contributed by atoms with Gasteiger partial charge in [0.2, 0.25) is 5.91 Å². The second-order valence-corrected chi connectivity index (χ2v) is 5.09. The minimum atomic E-state index is -1.06. The van der Waals surface area contributed by atoms with Crippen molar-refractivity contribution in [3.8, 4) is 5.75 Å². The highest BCUT2D eigenvalue weighted by atomic mass is 16.5. The Labute approximate surface area is 117 Å². The second kappa shape index (κ2) is 6.41. The summed E-state index contributed by atoms with van der Waals surface area (Å²) in [5, 5.41) is 11.8. The van der Waals surface area contributed by atoms with Crippen molar-refractivity contribution < 1.29 is 19.4 Å². The number of amides is 1. The summed E-state index contributed by atoms with van der Waals surface area (Å²) in [6, 6.07) is 5.66. The molecule has 0 aromatic heterocycles. The number of aliphatic carboxylic acids is 1. The van der Waals surface area contributed by atoms with Crippen LogP contribution >= 0.6 is 0 Å². The molecule has 1 amide bonds. The summed E-state index contributed by atoms with van der Waals surface area (Å²) in [4.78, 5) is 23.1. The Hall–Kier alpha value is -2.04. The summed E-state index contributed by atoms with van der Waals surface area (Å²) in [5.74, 6) is 0.0398. The highest BCUT2D eigenvalue weighted by Gasteiger charge is 2.25. The van der Waals surface area contributed by atoms with Crippen LogP contribution < -0.4 is 10.1 Å². The van der Waals surface area contributed by atoms with E-state index in [4.69, 9.17) is 4.74 Å². The van der Waals surface area contributed by atoms with Gasteiger partial charge >= 0.3 is 5.97 Å². The van der Waals surface area contributed by atoms with Crippen LogP contribution in [0.3, 0.4) is 0 Å². The molecule has 1 aliphatic rings. The van der Waals surface area contributed by atoms with Crippen LogP contribution in [-0.4, -0.2) is 24.1 Å². The number of hydrogen-bond donors (Lipinski definition) is 2. The third kappa shape index (κ3) is 3.98. The molecule has 0 heterocycles. The fourth-order valence-electron chi connectivity index (χ4n) is 2.06. The van der Waals surface area contributed by atoms with Crippen LogP contribution in [-0.2, 0) is 9.59 Å². The van der Waals surface area contributed by atoms with Gasteiger partial charge in [-0.05, 0) is 30.0 Å². The fourth-order valence-corrected chi connectivity index (χ4v) is 2.06. The highest BCUT2D eigenvalue weighted by molar-refractivity contribution is 5.84. The number of rotatable bonds is 7. The molecule has 0 radical (unpaired) electrons. The first-order chi connectivity index (χ1) is 9.60. The Morgan fingerprint density at radius 1 is 1.35 bits per heavy atom. The minimum Gasteiger partial charge on any atom is -0.497 e. The van der Waals surface area contributed by atoms with Crippen LogP contribution in [0.25, 0.3) is 0 Å². The van der Waals surface area contributed by atoms with Gasteiger partial charge in [0.05, 0.1) is 7.11 Å². The van der Waals surface area contributed by atoms with Crippen LogP contribution in [0.15, 0.2) is 24.3 Å². The molecule has 0 spiro atoms. The van der Waals surface area contributed by atoms with E-state index in [2.05, 4.69) is 5.32 Å². The van der Waals surface area contributed by atoms with Gasteiger partial charge in [-0.2, -0.15) is 0 Å². The molecule has 1 atom stereocenters. The van der Waals surface area contributed by atoms with E-state index in [1.54, 1.807) is 31.4 Å². The number of carbonyl (C=O) groups is 2. The van der Waals surface area contributed by atoms with Crippen LogP contribution in [0.5, 0.6) is 5.75 Å². The van der Waals surface area contributed by atoms with E-state index in [1.807, 2.05) is 0 Å². The Morgan fingerprint density at radius 2 is 2.00 bits per heavy atom. The molecule has 2 rings (SSSR count). The van der Waals surface area contributed by atoms with Gasteiger partial charge in [0, 0.05) is 6.42 Å². The van der Waals surface area contributed by atoms with Crippen molar-refractivity contribution in [3.63, 3.8) is 0 Å². The Bertz CT molecular complexity index is 479. The predicted octanol–water partition coefficient (Wildman–Crippen LogP) is 2.13. The topological polar surface area (TPSA) is 75.6 Å². The smallest absolute Gasteiger partial charge is 0.330 e. The molecule has 1 unspecified atom stereocenters.